The molecule has 140 valence electrons. The Labute approximate surface area is 160 Å². The van der Waals surface area contributed by atoms with Crippen LogP contribution < -0.4 is 5.32 Å². The summed E-state index contributed by atoms with van der Waals surface area (Å²) in [5, 5.41) is 12.5. The summed E-state index contributed by atoms with van der Waals surface area (Å²) in [6, 6.07) is 10.0. The van der Waals surface area contributed by atoms with Gasteiger partial charge >= 0.3 is 0 Å². The van der Waals surface area contributed by atoms with E-state index < -0.39 is 0 Å². The Morgan fingerprint density at radius 3 is 2.69 bits per heavy atom. The van der Waals surface area contributed by atoms with Crippen molar-refractivity contribution >= 4 is 17.7 Å². The van der Waals surface area contributed by atoms with E-state index in [1.54, 1.807) is 0 Å². The number of nitrogens with zero attached hydrogens (tertiary/aromatic N) is 3. The Kier molecular flexibility index (Phi) is 6.72. The Hall–Kier alpha value is -1.82. The van der Waals surface area contributed by atoms with Crippen molar-refractivity contribution in [2.45, 2.75) is 56.6 Å². The molecule has 26 heavy (non-hydrogen) atoms. The normalized spacial score (nSPS) is 16.4. The van der Waals surface area contributed by atoms with Gasteiger partial charge in [-0.15, -0.1) is 10.2 Å². The van der Waals surface area contributed by atoms with Gasteiger partial charge < -0.3 is 9.88 Å². The number of benzene rings is 1. The molecule has 6 heteroatoms. The second-order valence-electron chi connectivity index (χ2n) is 7.15. The van der Waals surface area contributed by atoms with Crippen LogP contribution in [0.5, 0.6) is 0 Å². The van der Waals surface area contributed by atoms with Crippen molar-refractivity contribution in [1.82, 2.24) is 20.1 Å². The van der Waals surface area contributed by atoms with Crippen molar-refractivity contribution in [2.75, 3.05) is 5.75 Å². The predicted molar refractivity (Wildman–Crippen MR) is 105 cm³/mol. The summed E-state index contributed by atoms with van der Waals surface area (Å²) in [4.78, 5) is 12.2. The van der Waals surface area contributed by atoms with E-state index in [0.717, 1.165) is 28.9 Å². The van der Waals surface area contributed by atoms with Crippen LogP contribution in [-0.2, 0) is 18.3 Å². The molecule has 1 amide bonds. The minimum absolute atomic E-state index is 0.00524. The molecule has 0 bridgehead atoms. The first-order valence-electron chi connectivity index (χ1n) is 9.49. The van der Waals surface area contributed by atoms with E-state index in [2.05, 4.69) is 15.5 Å². The number of thioether (sulfide) groups is 1. The first-order valence-corrected chi connectivity index (χ1v) is 10.5. The van der Waals surface area contributed by atoms with Crippen LogP contribution >= 0.6 is 11.8 Å². The van der Waals surface area contributed by atoms with Crippen molar-refractivity contribution < 1.29 is 4.79 Å². The fraction of sp³-hybridized carbons (Fsp3) is 0.550. The Balaban J connectivity index is 1.49. The predicted octanol–water partition coefficient (Wildman–Crippen LogP) is 3.91. The molecule has 1 aromatic heterocycles. The van der Waals surface area contributed by atoms with Crippen LogP contribution in [0.3, 0.4) is 0 Å². The first kappa shape index (κ1) is 19.0. The molecule has 5 nitrogen and oxygen atoms in total. The highest BCUT2D eigenvalue weighted by molar-refractivity contribution is 7.99. The molecule has 1 atom stereocenters. The zero-order valence-electron chi connectivity index (χ0n) is 15.6. The molecule has 0 radical (unpaired) electrons. The molecular weight excluding hydrogens is 344 g/mol. The SMILES string of the molecule is CC(NC(=O)CSc1nnc(CC2CCCCC2)n1C)c1ccccc1. The molecule has 2 aromatic rings. The number of hydrogen-bond donors (Lipinski definition) is 1. The molecule has 1 fully saturated rings. The van der Waals surface area contributed by atoms with Crippen molar-refractivity contribution in [2.24, 2.45) is 13.0 Å². The summed E-state index contributed by atoms with van der Waals surface area (Å²) in [5.74, 6) is 2.15. The van der Waals surface area contributed by atoms with Crippen molar-refractivity contribution in [1.29, 1.82) is 0 Å². The highest BCUT2D eigenvalue weighted by atomic mass is 32.2. The molecule has 0 aliphatic heterocycles. The van der Waals surface area contributed by atoms with E-state index in [9.17, 15) is 4.79 Å². The van der Waals surface area contributed by atoms with Crippen LogP contribution in [0.15, 0.2) is 35.5 Å². The van der Waals surface area contributed by atoms with E-state index in [1.807, 2.05) is 48.9 Å². The molecular formula is C20H28N4OS. The number of carbonyl (C=O) groups is 1. The average Bonchev–Trinajstić information content (AvgIpc) is 3.01. The molecule has 1 aromatic carbocycles. The van der Waals surface area contributed by atoms with Gasteiger partial charge in [0.15, 0.2) is 5.16 Å². The molecule has 1 aliphatic carbocycles. The number of nitrogens with one attached hydrogen (secondary N) is 1. The molecule has 3 rings (SSSR count). The molecule has 1 heterocycles. The van der Waals surface area contributed by atoms with E-state index >= 15 is 0 Å². The fourth-order valence-corrected chi connectivity index (χ4v) is 4.28. The number of amides is 1. The van der Waals surface area contributed by atoms with Gasteiger partial charge in [-0.05, 0) is 18.4 Å². The molecule has 0 spiro atoms. The fourth-order valence-electron chi connectivity index (χ4n) is 3.54. The summed E-state index contributed by atoms with van der Waals surface area (Å²) in [6.07, 6.45) is 7.65. The third kappa shape index (κ3) is 5.10. The largest absolute Gasteiger partial charge is 0.349 e. The summed E-state index contributed by atoms with van der Waals surface area (Å²) in [7, 11) is 2.00. The Morgan fingerprint density at radius 1 is 1.23 bits per heavy atom. The standard InChI is InChI=1S/C20H28N4OS/c1-15(17-11-7-4-8-12-17)21-19(25)14-26-20-23-22-18(24(20)2)13-16-9-5-3-6-10-16/h4,7-8,11-12,15-16H,3,5-6,9-10,13-14H2,1-2H3,(H,21,25). The molecule has 1 saturated carbocycles. The number of rotatable bonds is 7. The van der Waals surface area contributed by atoms with Gasteiger partial charge in [-0.3, -0.25) is 4.79 Å². The molecule has 1 N–H and O–H groups in total. The number of carbonyl (C=O) groups excluding carboxylic acids is 1. The highest BCUT2D eigenvalue weighted by Crippen LogP contribution is 2.27. The Bertz CT molecular complexity index is 710. The zero-order chi connectivity index (χ0) is 18.4. The quantitative estimate of drug-likeness (QED) is 0.749. The van der Waals surface area contributed by atoms with Crippen LogP contribution in [0.4, 0.5) is 0 Å². The maximum Gasteiger partial charge on any atom is 0.230 e. The Morgan fingerprint density at radius 2 is 1.96 bits per heavy atom. The minimum Gasteiger partial charge on any atom is -0.349 e. The lowest BCUT2D eigenvalue weighted by atomic mass is 9.87. The van der Waals surface area contributed by atoms with E-state index in [-0.39, 0.29) is 11.9 Å². The van der Waals surface area contributed by atoms with Gasteiger partial charge in [0.25, 0.3) is 0 Å². The van der Waals surface area contributed by atoms with Crippen molar-refractivity contribution in [3.05, 3.63) is 41.7 Å². The lowest BCUT2D eigenvalue weighted by molar-refractivity contribution is -0.119. The van der Waals surface area contributed by atoms with Gasteiger partial charge in [-0.25, -0.2) is 0 Å². The maximum absolute atomic E-state index is 12.2. The number of aromatic nitrogens is 3. The minimum atomic E-state index is 0.00524. The van der Waals surface area contributed by atoms with E-state index in [1.165, 1.54) is 43.9 Å². The summed E-state index contributed by atoms with van der Waals surface area (Å²) in [5.41, 5.74) is 1.11. The average molecular weight is 373 g/mol. The molecule has 0 saturated heterocycles. The van der Waals surface area contributed by atoms with E-state index in [0.29, 0.717) is 5.75 Å². The summed E-state index contributed by atoms with van der Waals surface area (Å²) in [6.45, 7) is 2.00. The van der Waals surface area contributed by atoms with Gasteiger partial charge in [0.1, 0.15) is 5.82 Å². The third-order valence-corrected chi connectivity index (χ3v) is 6.15. The first-order chi connectivity index (χ1) is 12.6. The second kappa shape index (κ2) is 9.21. The smallest absolute Gasteiger partial charge is 0.230 e. The molecule has 1 aliphatic rings. The van der Waals surface area contributed by atoms with Crippen LogP contribution in [0.1, 0.15) is 56.5 Å². The lowest BCUT2D eigenvalue weighted by Gasteiger charge is -2.20. The van der Waals surface area contributed by atoms with E-state index in [4.69, 9.17) is 0 Å². The zero-order valence-corrected chi connectivity index (χ0v) is 16.5. The van der Waals surface area contributed by atoms with Crippen LogP contribution in [0.2, 0.25) is 0 Å². The van der Waals surface area contributed by atoms with Gasteiger partial charge in [0, 0.05) is 13.5 Å². The van der Waals surface area contributed by atoms with Crippen molar-refractivity contribution in [3.63, 3.8) is 0 Å². The van der Waals surface area contributed by atoms with Gasteiger partial charge in [-0.2, -0.15) is 0 Å². The summed E-state index contributed by atoms with van der Waals surface area (Å²) < 4.78 is 2.05. The van der Waals surface area contributed by atoms with Crippen LogP contribution in [0, 0.1) is 5.92 Å². The van der Waals surface area contributed by atoms with Gasteiger partial charge in [0.05, 0.1) is 11.8 Å². The van der Waals surface area contributed by atoms with Gasteiger partial charge in [0.2, 0.25) is 5.91 Å². The highest BCUT2D eigenvalue weighted by Gasteiger charge is 2.18. The lowest BCUT2D eigenvalue weighted by Crippen LogP contribution is -2.28. The monoisotopic (exact) mass is 372 g/mol. The second-order valence-corrected chi connectivity index (χ2v) is 8.10. The van der Waals surface area contributed by atoms with Crippen LogP contribution in [-0.4, -0.2) is 26.4 Å². The van der Waals surface area contributed by atoms with Gasteiger partial charge in [-0.1, -0.05) is 74.2 Å². The topological polar surface area (TPSA) is 59.8 Å². The third-order valence-electron chi connectivity index (χ3n) is 5.13. The maximum atomic E-state index is 12.2. The van der Waals surface area contributed by atoms with Crippen LogP contribution in [0.25, 0.3) is 0 Å². The van der Waals surface area contributed by atoms with Crippen molar-refractivity contribution in [3.8, 4) is 0 Å². The number of hydrogen-bond acceptors (Lipinski definition) is 4. The summed E-state index contributed by atoms with van der Waals surface area (Å²) >= 11 is 1.45. The molecule has 1 unspecified atom stereocenters.